The molecule has 0 spiro atoms. The summed E-state index contributed by atoms with van der Waals surface area (Å²) >= 11 is 1.17. The number of alkyl halides is 2. The van der Waals surface area contributed by atoms with Crippen molar-refractivity contribution in [3.05, 3.63) is 90.6 Å². The number of nitrogens with one attached hydrogen (secondary N) is 1. The Balaban J connectivity index is 1.48. The van der Waals surface area contributed by atoms with Crippen LogP contribution >= 0.6 is 11.3 Å². The molecule has 0 bridgehead atoms. The highest BCUT2D eigenvalue weighted by Crippen LogP contribution is 2.31. The summed E-state index contributed by atoms with van der Waals surface area (Å²) in [5.41, 5.74) is 3.10. The van der Waals surface area contributed by atoms with E-state index in [-0.39, 0.29) is 11.7 Å². The Hall–Kier alpha value is -4.11. The molecule has 2 aromatic heterocycles. The van der Waals surface area contributed by atoms with Crippen molar-refractivity contribution in [2.45, 2.75) is 6.61 Å². The van der Waals surface area contributed by atoms with Gasteiger partial charge in [-0.2, -0.15) is 13.9 Å². The number of amides is 1. The summed E-state index contributed by atoms with van der Waals surface area (Å²) < 4.78 is 31.7. The maximum absolute atomic E-state index is 13.2. The van der Waals surface area contributed by atoms with Crippen LogP contribution in [0.25, 0.3) is 27.2 Å². The Bertz CT molecular complexity index is 1420. The molecule has 6 nitrogen and oxygen atoms in total. The van der Waals surface area contributed by atoms with Crippen LogP contribution in [-0.4, -0.2) is 27.3 Å². The van der Waals surface area contributed by atoms with Crippen LogP contribution in [0, 0.1) is 0 Å². The third kappa shape index (κ3) is 4.44. The van der Waals surface area contributed by atoms with Crippen LogP contribution in [-0.2, 0) is 0 Å². The topological polar surface area (TPSA) is 69.0 Å². The number of para-hydroxylation sites is 1. The molecule has 164 valence electrons. The van der Waals surface area contributed by atoms with Crippen LogP contribution in [0.15, 0.2) is 85.1 Å². The van der Waals surface area contributed by atoms with E-state index in [4.69, 9.17) is 0 Å². The molecule has 5 rings (SSSR count). The van der Waals surface area contributed by atoms with Crippen LogP contribution in [0.4, 0.5) is 13.9 Å². The number of anilines is 1. The summed E-state index contributed by atoms with van der Waals surface area (Å²) in [4.78, 5) is 17.6. The van der Waals surface area contributed by atoms with E-state index in [0.717, 1.165) is 11.3 Å². The van der Waals surface area contributed by atoms with E-state index in [1.54, 1.807) is 16.9 Å². The van der Waals surface area contributed by atoms with Gasteiger partial charge in [-0.3, -0.25) is 10.1 Å². The first-order chi connectivity index (χ1) is 16.1. The molecule has 0 radical (unpaired) electrons. The fourth-order valence-corrected chi connectivity index (χ4v) is 4.25. The van der Waals surface area contributed by atoms with Gasteiger partial charge in [0.15, 0.2) is 5.13 Å². The van der Waals surface area contributed by atoms with E-state index in [1.165, 1.54) is 23.5 Å². The number of carbonyl (C=O) groups excluding carboxylic acids is 1. The molecule has 0 aliphatic carbocycles. The van der Waals surface area contributed by atoms with Crippen molar-refractivity contribution >= 4 is 32.6 Å². The highest BCUT2D eigenvalue weighted by atomic mass is 32.1. The third-order valence-electron chi connectivity index (χ3n) is 4.83. The number of rotatable bonds is 6. The van der Waals surface area contributed by atoms with Gasteiger partial charge >= 0.3 is 6.61 Å². The van der Waals surface area contributed by atoms with Gasteiger partial charge in [0.2, 0.25) is 0 Å². The molecule has 0 aliphatic rings. The molecule has 0 aliphatic heterocycles. The van der Waals surface area contributed by atoms with Crippen molar-refractivity contribution in [1.82, 2.24) is 14.8 Å². The van der Waals surface area contributed by atoms with E-state index >= 15 is 0 Å². The first-order valence-electron chi connectivity index (χ1n) is 9.94. The summed E-state index contributed by atoms with van der Waals surface area (Å²) in [5, 5.41) is 7.80. The zero-order valence-electron chi connectivity index (χ0n) is 17.0. The molecule has 0 saturated heterocycles. The van der Waals surface area contributed by atoms with Crippen molar-refractivity contribution in [1.29, 1.82) is 0 Å². The molecular weight excluding hydrogens is 446 g/mol. The average molecular weight is 462 g/mol. The van der Waals surface area contributed by atoms with E-state index in [9.17, 15) is 13.6 Å². The third-order valence-corrected chi connectivity index (χ3v) is 5.77. The lowest BCUT2D eigenvalue weighted by molar-refractivity contribution is -0.0497. The van der Waals surface area contributed by atoms with Crippen molar-refractivity contribution in [2.24, 2.45) is 0 Å². The molecule has 0 unspecified atom stereocenters. The van der Waals surface area contributed by atoms with Crippen molar-refractivity contribution < 1.29 is 18.3 Å². The highest BCUT2D eigenvalue weighted by Gasteiger charge is 2.20. The number of aromatic nitrogens is 3. The second kappa shape index (κ2) is 8.79. The quantitative estimate of drug-likeness (QED) is 0.336. The van der Waals surface area contributed by atoms with E-state index in [2.05, 4.69) is 20.1 Å². The number of carbonyl (C=O) groups is 1. The lowest BCUT2D eigenvalue weighted by Gasteiger charge is -2.02. The Kier molecular flexibility index (Phi) is 5.54. The van der Waals surface area contributed by atoms with Gasteiger partial charge in [0.1, 0.15) is 11.4 Å². The Morgan fingerprint density at radius 1 is 1.00 bits per heavy atom. The second-order valence-electron chi connectivity index (χ2n) is 7.02. The van der Waals surface area contributed by atoms with Crippen molar-refractivity contribution in [2.75, 3.05) is 5.32 Å². The van der Waals surface area contributed by atoms with E-state index in [0.29, 0.717) is 26.6 Å². The van der Waals surface area contributed by atoms with Gasteiger partial charge in [0.25, 0.3) is 5.91 Å². The van der Waals surface area contributed by atoms with Crippen LogP contribution in [0.2, 0.25) is 0 Å². The molecule has 3 aromatic carbocycles. The first-order valence-corrected chi connectivity index (χ1v) is 10.8. The van der Waals surface area contributed by atoms with E-state index in [1.807, 2.05) is 60.7 Å². The Morgan fingerprint density at radius 3 is 2.45 bits per heavy atom. The normalized spacial score (nSPS) is 11.1. The van der Waals surface area contributed by atoms with Gasteiger partial charge in [-0.25, -0.2) is 9.67 Å². The number of nitrogens with zero attached hydrogens (tertiary/aromatic N) is 3. The average Bonchev–Trinajstić information content (AvgIpc) is 3.44. The monoisotopic (exact) mass is 462 g/mol. The van der Waals surface area contributed by atoms with Gasteiger partial charge in [0.05, 0.1) is 21.5 Å². The van der Waals surface area contributed by atoms with Gasteiger partial charge in [0, 0.05) is 11.8 Å². The van der Waals surface area contributed by atoms with Gasteiger partial charge < -0.3 is 4.74 Å². The minimum absolute atomic E-state index is 0.0366. The molecule has 1 N–H and O–H groups in total. The smallest absolute Gasteiger partial charge is 0.387 e. The number of halogens is 2. The largest absolute Gasteiger partial charge is 0.435 e. The first kappa shape index (κ1) is 20.8. The van der Waals surface area contributed by atoms with E-state index < -0.39 is 6.61 Å². The molecule has 2 heterocycles. The van der Waals surface area contributed by atoms with Crippen molar-refractivity contribution in [3.63, 3.8) is 0 Å². The lowest BCUT2D eigenvalue weighted by Crippen LogP contribution is -2.12. The zero-order chi connectivity index (χ0) is 22.8. The van der Waals surface area contributed by atoms with Gasteiger partial charge in [-0.15, -0.1) is 0 Å². The number of thiazole rings is 1. The Labute approximate surface area is 191 Å². The molecule has 0 saturated carbocycles. The molecule has 33 heavy (non-hydrogen) atoms. The number of fused-ring (bicyclic) bond motifs is 1. The van der Waals surface area contributed by atoms with Crippen LogP contribution < -0.4 is 10.1 Å². The number of ether oxygens (including phenoxy) is 1. The second-order valence-corrected chi connectivity index (χ2v) is 8.05. The standard InChI is InChI=1S/C24H16F2N4O2S/c25-23(26)32-17-11-12-19-20(13-17)33-24(27-19)28-22(31)18-14-30(16-9-5-2-6-10-16)29-21(18)15-7-3-1-4-8-15/h1-14,23H,(H,27,28,31). The zero-order valence-corrected chi connectivity index (χ0v) is 17.8. The summed E-state index contributed by atoms with van der Waals surface area (Å²) in [6.07, 6.45) is 1.68. The van der Waals surface area contributed by atoms with Crippen LogP contribution in [0.3, 0.4) is 0 Å². The van der Waals surface area contributed by atoms with Crippen molar-refractivity contribution in [3.8, 4) is 22.7 Å². The van der Waals surface area contributed by atoms with Gasteiger partial charge in [-0.05, 0) is 30.3 Å². The summed E-state index contributed by atoms with van der Waals surface area (Å²) in [6, 6.07) is 23.4. The fraction of sp³-hybridized carbons (Fsp3) is 0.0417. The maximum atomic E-state index is 13.2. The highest BCUT2D eigenvalue weighted by molar-refractivity contribution is 7.22. The summed E-state index contributed by atoms with van der Waals surface area (Å²) in [6.45, 7) is -2.91. The molecule has 0 atom stereocenters. The Morgan fingerprint density at radius 2 is 1.73 bits per heavy atom. The van der Waals surface area contributed by atoms with Gasteiger partial charge in [-0.1, -0.05) is 59.9 Å². The predicted octanol–water partition coefficient (Wildman–Crippen LogP) is 6.00. The van der Waals surface area contributed by atoms with Crippen LogP contribution in [0.5, 0.6) is 5.75 Å². The molecule has 9 heteroatoms. The summed E-state index contributed by atoms with van der Waals surface area (Å²) in [5.74, 6) is -0.339. The number of hydrogen-bond donors (Lipinski definition) is 1. The minimum atomic E-state index is -2.91. The molecule has 5 aromatic rings. The molecular formula is C24H16F2N4O2S. The fourth-order valence-electron chi connectivity index (χ4n) is 3.36. The molecule has 1 amide bonds. The SMILES string of the molecule is O=C(Nc1nc2ccc(OC(F)F)cc2s1)c1cn(-c2ccccc2)nc1-c1ccccc1. The molecule has 0 fully saturated rings. The summed E-state index contributed by atoms with van der Waals surface area (Å²) in [7, 11) is 0. The number of benzene rings is 3. The maximum Gasteiger partial charge on any atom is 0.387 e. The lowest BCUT2D eigenvalue weighted by atomic mass is 10.1. The van der Waals surface area contributed by atoms with Crippen LogP contribution in [0.1, 0.15) is 10.4 Å². The predicted molar refractivity (Wildman–Crippen MR) is 123 cm³/mol. The number of hydrogen-bond acceptors (Lipinski definition) is 5. The minimum Gasteiger partial charge on any atom is -0.435 e.